The number of fused-ring (bicyclic) bond motifs is 1. The van der Waals surface area contributed by atoms with Crippen LogP contribution in [0, 0.1) is 5.82 Å². The number of hydrogen-bond acceptors (Lipinski definition) is 8. The Hall–Kier alpha value is -4.61. The van der Waals surface area contributed by atoms with Gasteiger partial charge in [0.05, 0.1) is 28.1 Å². The van der Waals surface area contributed by atoms with Crippen molar-refractivity contribution in [3.05, 3.63) is 94.0 Å². The van der Waals surface area contributed by atoms with E-state index in [1.807, 2.05) is 51.5 Å². The third-order valence-electron chi connectivity index (χ3n) is 6.56. The molecule has 0 saturated carbocycles. The van der Waals surface area contributed by atoms with Crippen molar-refractivity contribution in [2.75, 3.05) is 49.8 Å². The Bertz CT molecular complexity index is 1730. The normalized spacial score (nSPS) is 11.2. The number of carbonyl (C=O) groups is 1. The molecule has 0 fully saturated rings. The van der Waals surface area contributed by atoms with Gasteiger partial charge in [-0.15, -0.1) is 11.3 Å². The Morgan fingerprint density at radius 1 is 1.00 bits per heavy atom. The summed E-state index contributed by atoms with van der Waals surface area (Å²) in [6, 6.07) is 19.1. The first-order valence-corrected chi connectivity index (χ1v) is 13.8. The number of benzene rings is 2. The molecule has 0 aliphatic rings. The van der Waals surface area contributed by atoms with Crippen molar-refractivity contribution in [3.63, 3.8) is 0 Å². The topological polar surface area (TPSA) is 95.4 Å². The van der Waals surface area contributed by atoms with Crippen LogP contribution in [0.3, 0.4) is 0 Å². The Kier molecular flexibility index (Phi) is 8.09. The highest BCUT2D eigenvalue weighted by Gasteiger charge is 2.16. The van der Waals surface area contributed by atoms with E-state index in [4.69, 9.17) is 0 Å². The van der Waals surface area contributed by atoms with Crippen molar-refractivity contribution in [1.29, 1.82) is 0 Å². The number of likely N-dealkylation sites (N-methyl/N-ethyl adjacent to an activating group) is 2. The lowest BCUT2D eigenvalue weighted by atomic mass is 10.1. The van der Waals surface area contributed by atoms with Crippen LogP contribution < -0.4 is 21.1 Å². The number of aromatic nitrogens is 3. The Morgan fingerprint density at radius 2 is 1.80 bits per heavy atom. The number of carbonyl (C=O) groups excluding carboxylic acids is 1. The number of aryl methyl sites for hydroxylation is 1. The minimum Gasteiger partial charge on any atom is -0.372 e. The Labute approximate surface area is 240 Å². The van der Waals surface area contributed by atoms with Gasteiger partial charge in [-0.05, 0) is 68.0 Å². The molecule has 1 amide bonds. The highest BCUT2D eigenvalue weighted by molar-refractivity contribution is 7.20. The number of hydrogen-bond donors (Lipinski definition) is 2. The van der Waals surface area contributed by atoms with Gasteiger partial charge in [0.2, 0.25) is 0 Å². The van der Waals surface area contributed by atoms with Crippen LogP contribution in [-0.2, 0) is 7.05 Å². The van der Waals surface area contributed by atoms with Crippen LogP contribution in [-0.4, -0.2) is 59.8 Å². The molecule has 2 aromatic carbocycles. The summed E-state index contributed by atoms with van der Waals surface area (Å²) in [6.45, 7) is 1.76. The second-order valence-corrected chi connectivity index (χ2v) is 11.0. The zero-order valence-corrected chi connectivity index (χ0v) is 24.0. The lowest BCUT2D eigenvalue weighted by molar-refractivity contribution is 0.103. The smallest absolute Gasteiger partial charge is 0.290 e. The highest BCUT2D eigenvalue weighted by atomic mass is 32.1. The van der Waals surface area contributed by atoms with Crippen molar-refractivity contribution in [1.82, 2.24) is 19.7 Å². The fourth-order valence-electron chi connectivity index (χ4n) is 4.20. The lowest BCUT2D eigenvalue weighted by Crippen LogP contribution is -2.28. The predicted octanol–water partition coefficient (Wildman–Crippen LogP) is 5.19. The van der Waals surface area contributed by atoms with Crippen molar-refractivity contribution >= 4 is 50.2 Å². The molecule has 41 heavy (non-hydrogen) atoms. The molecule has 0 atom stereocenters. The molecule has 0 unspecified atom stereocenters. The lowest BCUT2D eigenvalue weighted by Gasteiger charge is -2.21. The van der Waals surface area contributed by atoms with Gasteiger partial charge in [-0.25, -0.2) is 14.1 Å². The minimum atomic E-state index is -0.578. The molecule has 5 aromatic rings. The SMILES string of the molecule is CN(C)CCN(C)c1ccc(Nc2cc(-c3ccc(F)c(NC(=O)c4cc5ccccc5s4)c3)nn(C)c2=O)nc1. The quantitative estimate of drug-likeness (QED) is 0.251. The van der Waals surface area contributed by atoms with E-state index in [0.29, 0.717) is 22.0 Å². The standard InChI is InChI=1S/C30H30FN7O2S/c1-36(2)13-14-37(3)21-10-12-28(32-18-21)33-25-17-23(35-38(4)30(25)40)19-9-11-22(31)24(15-19)34-29(39)27-16-20-7-5-6-8-26(20)41-27/h5-12,15-18H,13-14H2,1-4H3,(H,32,33)(H,34,39). The first-order chi connectivity index (χ1) is 19.7. The van der Waals surface area contributed by atoms with Crippen molar-refractivity contribution in [2.45, 2.75) is 0 Å². The summed E-state index contributed by atoms with van der Waals surface area (Å²) >= 11 is 1.34. The monoisotopic (exact) mass is 571 g/mol. The van der Waals surface area contributed by atoms with Crippen LogP contribution in [0.4, 0.5) is 27.3 Å². The molecular formula is C30H30FN7O2S. The number of pyridine rings is 1. The highest BCUT2D eigenvalue weighted by Crippen LogP contribution is 2.29. The van der Waals surface area contributed by atoms with Gasteiger partial charge in [-0.2, -0.15) is 5.10 Å². The van der Waals surface area contributed by atoms with Gasteiger partial charge in [0, 0.05) is 37.4 Å². The molecule has 3 aromatic heterocycles. The second-order valence-electron chi connectivity index (χ2n) is 9.92. The average Bonchev–Trinajstić information content (AvgIpc) is 3.40. The number of thiophene rings is 1. The molecule has 11 heteroatoms. The molecule has 0 saturated heterocycles. The van der Waals surface area contributed by atoms with Gasteiger partial charge in [0.1, 0.15) is 17.3 Å². The number of rotatable bonds is 9. The first-order valence-electron chi connectivity index (χ1n) is 12.9. The van der Waals surface area contributed by atoms with Gasteiger partial charge >= 0.3 is 0 Å². The molecular weight excluding hydrogens is 541 g/mol. The number of amides is 1. The number of nitrogens with one attached hydrogen (secondary N) is 2. The summed E-state index contributed by atoms with van der Waals surface area (Å²) < 4.78 is 16.9. The van der Waals surface area contributed by atoms with Crippen LogP contribution in [0.5, 0.6) is 0 Å². The molecule has 210 valence electrons. The third-order valence-corrected chi connectivity index (χ3v) is 7.67. The molecule has 0 aliphatic heterocycles. The molecule has 5 rings (SSSR count). The van der Waals surface area contributed by atoms with Gasteiger partial charge in [0.25, 0.3) is 11.5 Å². The first kappa shape index (κ1) is 27.9. The molecule has 0 aliphatic carbocycles. The predicted molar refractivity (Wildman–Crippen MR) is 164 cm³/mol. The molecule has 3 heterocycles. The van der Waals surface area contributed by atoms with Crippen LogP contribution in [0.1, 0.15) is 9.67 Å². The third kappa shape index (κ3) is 6.42. The molecule has 0 radical (unpaired) electrons. The van der Waals surface area contributed by atoms with Crippen LogP contribution in [0.15, 0.2) is 77.7 Å². The van der Waals surface area contributed by atoms with Gasteiger partial charge < -0.3 is 20.4 Å². The molecule has 0 bridgehead atoms. The number of nitrogens with zero attached hydrogens (tertiary/aromatic N) is 5. The average molecular weight is 572 g/mol. The maximum atomic E-state index is 14.7. The minimum absolute atomic E-state index is 0.0192. The zero-order chi connectivity index (χ0) is 29.1. The van der Waals surface area contributed by atoms with Gasteiger partial charge in [-0.1, -0.05) is 18.2 Å². The maximum Gasteiger partial charge on any atom is 0.290 e. The van der Waals surface area contributed by atoms with Crippen LogP contribution in [0.25, 0.3) is 21.3 Å². The van der Waals surface area contributed by atoms with Crippen LogP contribution >= 0.6 is 11.3 Å². The molecule has 0 spiro atoms. The molecule has 9 nitrogen and oxygen atoms in total. The summed E-state index contributed by atoms with van der Waals surface area (Å²) in [4.78, 5) is 34.9. The van der Waals surface area contributed by atoms with E-state index >= 15 is 0 Å². The van der Waals surface area contributed by atoms with E-state index in [0.717, 1.165) is 28.9 Å². The number of anilines is 4. The van der Waals surface area contributed by atoms with Crippen molar-refractivity contribution < 1.29 is 9.18 Å². The number of halogens is 1. The van der Waals surface area contributed by atoms with E-state index in [-0.39, 0.29) is 16.9 Å². The molecule has 2 N–H and O–H groups in total. The van der Waals surface area contributed by atoms with E-state index < -0.39 is 11.7 Å². The summed E-state index contributed by atoms with van der Waals surface area (Å²) in [6.07, 6.45) is 1.75. The Balaban J connectivity index is 1.36. The summed E-state index contributed by atoms with van der Waals surface area (Å²) in [5.74, 6) is -0.481. The fraction of sp³-hybridized carbons (Fsp3) is 0.200. The Morgan fingerprint density at radius 3 is 2.54 bits per heavy atom. The largest absolute Gasteiger partial charge is 0.372 e. The zero-order valence-electron chi connectivity index (χ0n) is 23.2. The van der Waals surface area contributed by atoms with E-state index in [9.17, 15) is 14.0 Å². The summed E-state index contributed by atoms with van der Waals surface area (Å²) in [5, 5.41) is 11.1. The van der Waals surface area contributed by atoms with E-state index in [1.54, 1.807) is 37.5 Å². The second kappa shape index (κ2) is 11.9. The van der Waals surface area contributed by atoms with Gasteiger partial charge in [-0.3, -0.25) is 9.59 Å². The van der Waals surface area contributed by atoms with Gasteiger partial charge in [0.15, 0.2) is 0 Å². The van der Waals surface area contributed by atoms with Crippen molar-refractivity contribution in [2.24, 2.45) is 7.05 Å². The van der Waals surface area contributed by atoms with Crippen LogP contribution in [0.2, 0.25) is 0 Å². The maximum absolute atomic E-state index is 14.7. The van der Waals surface area contributed by atoms with Crippen molar-refractivity contribution in [3.8, 4) is 11.3 Å². The summed E-state index contributed by atoms with van der Waals surface area (Å²) in [7, 11) is 7.59. The summed E-state index contributed by atoms with van der Waals surface area (Å²) in [5.41, 5.74) is 1.85. The van der Waals surface area contributed by atoms with E-state index in [1.165, 1.54) is 28.2 Å². The van der Waals surface area contributed by atoms with E-state index in [2.05, 4.69) is 30.5 Å². The fourth-order valence-corrected chi connectivity index (χ4v) is 5.16.